The minimum Gasteiger partial charge on any atom is -0.336 e. The van der Waals surface area contributed by atoms with Crippen molar-refractivity contribution in [1.29, 1.82) is 10.5 Å². The summed E-state index contributed by atoms with van der Waals surface area (Å²) in [6.45, 7) is 1.59. The van der Waals surface area contributed by atoms with Crippen molar-refractivity contribution in [3.63, 3.8) is 0 Å². The SMILES string of the molecule is Cc1nn2c(c1/N=N/c1nc(C#N)c(C#N)[nH]1)Nc1ccccc1S2(=O)=O. The number of para-hydroxylation sites is 1. The summed E-state index contributed by atoms with van der Waals surface area (Å²) in [5.74, 6) is 0.0871. The van der Waals surface area contributed by atoms with Gasteiger partial charge in [-0.2, -0.15) is 29.0 Å². The third kappa shape index (κ3) is 2.44. The molecule has 0 bridgehead atoms. The molecule has 0 saturated heterocycles. The summed E-state index contributed by atoms with van der Waals surface area (Å²) in [7, 11) is -3.86. The van der Waals surface area contributed by atoms with E-state index in [0.717, 1.165) is 4.09 Å². The maximum atomic E-state index is 12.8. The molecule has 1 aliphatic rings. The highest BCUT2D eigenvalue weighted by atomic mass is 32.2. The number of imidazole rings is 1. The van der Waals surface area contributed by atoms with Crippen molar-refractivity contribution in [2.24, 2.45) is 10.2 Å². The molecular weight excluding hydrogens is 370 g/mol. The maximum Gasteiger partial charge on any atom is 0.287 e. The molecule has 0 amide bonds. The first kappa shape index (κ1) is 16.4. The lowest BCUT2D eigenvalue weighted by Gasteiger charge is -2.19. The number of aromatic nitrogens is 4. The lowest BCUT2D eigenvalue weighted by Crippen LogP contribution is -2.22. The van der Waals surface area contributed by atoms with Crippen molar-refractivity contribution in [2.75, 3.05) is 5.32 Å². The van der Waals surface area contributed by atoms with Crippen LogP contribution in [-0.2, 0) is 10.0 Å². The zero-order valence-corrected chi connectivity index (χ0v) is 14.5. The molecule has 0 fully saturated rings. The fourth-order valence-corrected chi connectivity index (χ4v) is 4.02. The molecular formula is C15H9N9O2S. The van der Waals surface area contributed by atoms with Gasteiger partial charge in [0.15, 0.2) is 22.9 Å². The van der Waals surface area contributed by atoms with Crippen molar-refractivity contribution in [1.82, 2.24) is 19.2 Å². The topological polar surface area (TPSA) is 165 Å². The molecule has 1 aliphatic heterocycles. The van der Waals surface area contributed by atoms with Gasteiger partial charge >= 0.3 is 0 Å². The Hall–Kier alpha value is -4.03. The van der Waals surface area contributed by atoms with Crippen LogP contribution in [0.5, 0.6) is 0 Å². The quantitative estimate of drug-likeness (QED) is 0.504. The first-order chi connectivity index (χ1) is 13.0. The molecule has 0 spiro atoms. The second-order valence-corrected chi connectivity index (χ2v) is 7.20. The van der Waals surface area contributed by atoms with Gasteiger partial charge in [0.2, 0.25) is 5.95 Å². The lowest BCUT2D eigenvalue weighted by molar-refractivity contribution is 0.579. The van der Waals surface area contributed by atoms with Crippen LogP contribution in [0.3, 0.4) is 0 Å². The Balaban J connectivity index is 1.80. The van der Waals surface area contributed by atoms with Gasteiger partial charge in [-0.3, -0.25) is 0 Å². The molecule has 2 N–H and O–H groups in total. The van der Waals surface area contributed by atoms with E-state index in [0.29, 0.717) is 11.4 Å². The third-order valence-corrected chi connectivity index (χ3v) is 5.43. The van der Waals surface area contributed by atoms with Crippen LogP contribution in [0.25, 0.3) is 0 Å². The number of nitrogens with zero attached hydrogens (tertiary/aromatic N) is 7. The number of azo groups is 1. The second kappa shape index (κ2) is 5.76. The van der Waals surface area contributed by atoms with Gasteiger partial charge in [-0.15, -0.1) is 14.3 Å². The molecule has 11 nitrogen and oxygen atoms in total. The number of benzene rings is 1. The molecule has 1 aromatic carbocycles. The number of aryl methyl sites for hydroxylation is 1. The Morgan fingerprint density at radius 2 is 1.96 bits per heavy atom. The monoisotopic (exact) mass is 379 g/mol. The molecule has 27 heavy (non-hydrogen) atoms. The predicted octanol–water partition coefficient (Wildman–Crippen LogP) is 2.37. The molecule has 0 saturated carbocycles. The van der Waals surface area contributed by atoms with E-state index in [1.807, 2.05) is 0 Å². The fourth-order valence-electron chi connectivity index (χ4n) is 2.58. The maximum absolute atomic E-state index is 12.8. The van der Waals surface area contributed by atoms with Gasteiger partial charge in [-0.05, 0) is 19.1 Å². The normalized spacial score (nSPS) is 14.0. The average Bonchev–Trinajstić information content (AvgIpc) is 3.21. The van der Waals surface area contributed by atoms with E-state index in [4.69, 9.17) is 10.5 Å². The molecule has 12 heteroatoms. The smallest absolute Gasteiger partial charge is 0.287 e. The zero-order chi connectivity index (χ0) is 19.2. The van der Waals surface area contributed by atoms with Crippen molar-refractivity contribution in [3.05, 3.63) is 41.3 Å². The number of hydrogen-bond acceptors (Lipinski definition) is 9. The summed E-state index contributed by atoms with van der Waals surface area (Å²) in [5, 5.41) is 32.8. The largest absolute Gasteiger partial charge is 0.336 e. The zero-order valence-electron chi connectivity index (χ0n) is 13.7. The fraction of sp³-hybridized carbons (Fsp3) is 0.0667. The van der Waals surface area contributed by atoms with Gasteiger partial charge in [0, 0.05) is 0 Å². The van der Waals surface area contributed by atoms with Crippen molar-refractivity contribution in [3.8, 4) is 12.1 Å². The van der Waals surface area contributed by atoms with E-state index in [1.165, 1.54) is 6.07 Å². The summed E-state index contributed by atoms with van der Waals surface area (Å²) in [6, 6.07) is 10.00. The number of nitriles is 2. The highest BCUT2D eigenvalue weighted by Gasteiger charge is 2.33. The second-order valence-electron chi connectivity index (χ2n) is 5.46. The van der Waals surface area contributed by atoms with Crippen LogP contribution in [0.4, 0.5) is 23.1 Å². The van der Waals surface area contributed by atoms with Crippen LogP contribution in [0.1, 0.15) is 17.1 Å². The first-order valence-electron chi connectivity index (χ1n) is 7.49. The average molecular weight is 379 g/mol. The van der Waals surface area contributed by atoms with Gasteiger partial charge < -0.3 is 10.3 Å². The standard InChI is InChI=1S/C15H9N9O2S/c1-8-13(21-22-15-19-10(6-16)11(7-17)20-15)14-18-9-4-2-3-5-12(9)27(25,26)24(14)23-8/h2-5,18H,1H3,(H,19,20)/b22-21+. The summed E-state index contributed by atoms with van der Waals surface area (Å²) in [4.78, 5) is 6.50. The highest BCUT2D eigenvalue weighted by molar-refractivity contribution is 7.90. The molecule has 4 rings (SSSR count). The van der Waals surface area contributed by atoms with E-state index < -0.39 is 10.0 Å². The summed E-state index contributed by atoms with van der Waals surface area (Å²) >= 11 is 0. The molecule has 2 aromatic heterocycles. The molecule has 0 radical (unpaired) electrons. The van der Waals surface area contributed by atoms with Crippen LogP contribution in [0.2, 0.25) is 0 Å². The first-order valence-corrected chi connectivity index (χ1v) is 8.93. The van der Waals surface area contributed by atoms with Gasteiger partial charge in [-0.25, -0.2) is 0 Å². The van der Waals surface area contributed by atoms with Crippen molar-refractivity contribution < 1.29 is 8.42 Å². The molecule has 0 unspecified atom stereocenters. The number of anilines is 2. The van der Waals surface area contributed by atoms with E-state index in [2.05, 4.69) is 30.6 Å². The highest BCUT2D eigenvalue weighted by Crippen LogP contribution is 2.40. The summed E-state index contributed by atoms with van der Waals surface area (Å²) in [5.41, 5.74) is 0.786. The van der Waals surface area contributed by atoms with Crippen LogP contribution in [-0.4, -0.2) is 27.6 Å². The van der Waals surface area contributed by atoms with E-state index in [-0.39, 0.29) is 33.7 Å². The number of rotatable bonds is 2. The van der Waals surface area contributed by atoms with Crippen molar-refractivity contribution in [2.45, 2.75) is 11.8 Å². The van der Waals surface area contributed by atoms with Gasteiger partial charge in [0.1, 0.15) is 17.0 Å². The van der Waals surface area contributed by atoms with Crippen LogP contribution in [0, 0.1) is 29.6 Å². The van der Waals surface area contributed by atoms with E-state index in [1.54, 1.807) is 37.3 Å². The number of fused-ring (bicyclic) bond motifs is 2. The molecule has 0 atom stereocenters. The Kier molecular flexibility index (Phi) is 3.50. The predicted molar refractivity (Wildman–Crippen MR) is 91.5 cm³/mol. The minimum atomic E-state index is -3.86. The van der Waals surface area contributed by atoms with Gasteiger partial charge in [0.25, 0.3) is 10.0 Å². The Morgan fingerprint density at radius 3 is 2.67 bits per heavy atom. The molecule has 0 aliphatic carbocycles. The van der Waals surface area contributed by atoms with Gasteiger partial charge in [-0.1, -0.05) is 12.1 Å². The molecule has 132 valence electrons. The minimum absolute atomic E-state index is 0.0326. The lowest BCUT2D eigenvalue weighted by atomic mass is 10.3. The summed E-state index contributed by atoms with van der Waals surface area (Å²) in [6.07, 6.45) is 0. The van der Waals surface area contributed by atoms with Gasteiger partial charge in [0.05, 0.1) is 11.4 Å². The number of aromatic amines is 1. The van der Waals surface area contributed by atoms with Crippen molar-refractivity contribution >= 4 is 33.2 Å². The number of H-pyrrole nitrogens is 1. The van der Waals surface area contributed by atoms with E-state index >= 15 is 0 Å². The molecule has 3 heterocycles. The van der Waals surface area contributed by atoms with Crippen LogP contribution >= 0.6 is 0 Å². The summed E-state index contributed by atoms with van der Waals surface area (Å²) < 4.78 is 26.4. The number of hydrogen-bond donors (Lipinski definition) is 2. The van der Waals surface area contributed by atoms with E-state index in [9.17, 15) is 8.42 Å². The Labute approximate surface area is 152 Å². The van der Waals surface area contributed by atoms with Crippen LogP contribution in [0.15, 0.2) is 39.4 Å². The number of nitrogens with one attached hydrogen (secondary N) is 2. The third-order valence-electron chi connectivity index (χ3n) is 3.80. The Bertz CT molecular complexity index is 1270. The van der Waals surface area contributed by atoms with Crippen LogP contribution < -0.4 is 5.32 Å². The molecule has 3 aromatic rings. The Morgan fingerprint density at radius 1 is 1.19 bits per heavy atom.